The van der Waals surface area contributed by atoms with E-state index in [1.54, 1.807) is 30.3 Å². The molecule has 2 aromatic rings. The third-order valence-electron chi connectivity index (χ3n) is 3.33. The van der Waals surface area contributed by atoms with Crippen molar-refractivity contribution < 1.29 is 14.3 Å². The highest BCUT2D eigenvalue weighted by Crippen LogP contribution is 2.35. The van der Waals surface area contributed by atoms with Crippen LogP contribution in [0, 0.1) is 5.82 Å². The van der Waals surface area contributed by atoms with E-state index in [4.69, 9.17) is 5.73 Å². The Balaban J connectivity index is 2.69. The first-order valence-corrected chi connectivity index (χ1v) is 5.80. The number of carboxylic acid groups (broad SMARTS) is 1. The second-order valence-corrected chi connectivity index (χ2v) is 4.53. The fourth-order valence-electron chi connectivity index (χ4n) is 2.15. The summed E-state index contributed by atoms with van der Waals surface area (Å²) in [6.07, 6.45) is 0. The summed E-state index contributed by atoms with van der Waals surface area (Å²) in [6, 6.07) is 12.3. The van der Waals surface area contributed by atoms with Gasteiger partial charge in [-0.2, -0.15) is 0 Å². The number of carbonyl (C=O) groups is 1. The van der Waals surface area contributed by atoms with Gasteiger partial charge in [0, 0.05) is 5.69 Å². The minimum atomic E-state index is -1.38. The predicted molar refractivity (Wildman–Crippen MR) is 71.3 cm³/mol. The van der Waals surface area contributed by atoms with E-state index in [1.165, 1.54) is 25.1 Å². The summed E-state index contributed by atoms with van der Waals surface area (Å²) in [4.78, 5) is 11.7. The number of benzene rings is 2. The summed E-state index contributed by atoms with van der Waals surface area (Å²) in [5.41, 5.74) is 5.66. The number of halogens is 1. The number of para-hydroxylation sites is 1. The highest BCUT2D eigenvalue weighted by atomic mass is 19.1. The lowest BCUT2D eigenvalue weighted by Gasteiger charge is -2.27. The van der Waals surface area contributed by atoms with Crippen molar-refractivity contribution in [1.82, 2.24) is 0 Å². The second-order valence-electron chi connectivity index (χ2n) is 4.53. The number of rotatable bonds is 3. The zero-order valence-electron chi connectivity index (χ0n) is 10.4. The monoisotopic (exact) mass is 259 g/mol. The Bertz CT molecular complexity index is 627. The largest absolute Gasteiger partial charge is 0.480 e. The minimum absolute atomic E-state index is 0.359. The fraction of sp³-hybridized carbons (Fsp3) is 0.133. The van der Waals surface area contributed by atoms with Gasteiger partial charge < -0.3 is 10.8 Å². The van der Waals surface area contributed by atoms with Crippen LogP contribution in [0.25, 0.3) is 0 Å². The van der Waals surface area contributed by atoms with Crippen molar-refractivity contribution in [3.63, 3.8) is 0 Å². The van der Waals surface area contributed by atoms with Crippen LogP contribution < -0.4 is 5.73 Å². The number of hydrogen-bond acceptors (Lipinski definition) is 2. The zero-order valence-corrected chi connectivity index (χ0v) is 10.4. The molecular weight excluding hydrogens is 245 g/mol. The number of carboxylic acids is 1. The smallest absolute Gasteiger partial charge is 0.318 e. The number of nitrogen functional groups attached to an aromatic ring is 1. The predicted octanol–water partition coefficient (Wildman–Crippen LogP) is 2.80. The lowest BCUT2D eigenvalue weighted by atomic mass is 9.75. The molecule has 0 aliphatic heterocycles. The van der Waals surface area contributed by atoms with Crippen molar-refractivity contribution in [2.24, 2.45) is 0 Å². The van der Waals surface area contributed by atoms with Crippen LogP contribution in [-0.2, 0) is 10.2 Å². The summed E-state index contributed by atoms with van der Waals surface area (Å²) in [6.45, 7) is 1.52. The molecule has 3 N–H and O–H groups in total. The molecule has 0 aliphatic rings. The maximum Gasteiger partial charge on any atom is 0.318 e. The van der Waals surface area contributed by atoms with Gasteiger partial charge in [0.2, 0.25) is 0 Å². The Hall–Kier alpha value is -2.36. The molecule has 1 unspecified atom stereocenters. The first-order chi connectivity index (χ1) is 8.96. The molecule has 0 radical (unpaired) electrons. The van der Waals surface area contributed by atoms with Gasteiger partial charge >= 0.3 is 5.97 Å². The maximum absolute atomic E-state index is 13.4. The van der Waals surface area contributed by atoms with Gasteiger partial charge in [-0.3, -0.25) is 4.79 Å². The van der Waals surface area contributed by atoms with E-state index in [1.807, 2.05) is 0 Å². The highest BCUT2D eigenvalue weighted by molar-refractivity contribution is 5.87. The molecule has 0 fully saturated rings. The molecule has 4 heteroatoms. The standard InChI is InChI=1S/C15H14FNO2/c1-15(14(18)19,10-5-4-6-11(16)9-10)12-7-2-3-8-13(12)17/h2-9H,17H2,1H3,(H,18,19). The lowest BCUT2D eigenvalue weighted by Crippen LogP contribution is -2.34. The number of hydrogen-bond donors (Lipinski definition) is 2. The van der Waals surface area contributed by atoms with Gasteiger partial charge in [0.05, 0.1) is 0 Å². The fourth-order valence-corrected chi connectivity index (χ4v) is 2.15. The summed E-state index contributed by atoms with van der Waals surface area (Å²) >= 11 is 0. The normalized spacial score (nSPS) is 13.8. The molecule has 0 saturated heterocycles. The molecule has 0 heterocycles. The van der Waals surface area contributed by atoms with Crippen molar-refractivity contribution in [2.75, 3.05) is 5.73 Å². The second kappa shape index (κ2) is 4.72. The van der Waals surface area contributed by atoms with E-state index in [0.29, 0.717) is 16.8 Å². The van der Waals surface area contributed by atoms with Crippen LogP contribution in [0.1, 0.15) is 18.1 Å². The SMILES string of the molecule is CC(C(=O)O)(c1cccc(F)c1)c1ccccc1N. The van der Waals surface area contributed by atoms with E-state index in [2.05, 4.69) is 0 Å². The molecule has 2 aromatic carbocycles. The van der Waals surface area contributed by atoms with Gasteiger partial charge in [-0.15, -0.1) is 0 Å². The molecule has 0 saturated carbocycles. The molecule has 3 nitrogen and oxygen atoms in total. The van der Waals surface area contributed by atoms with Crippen LogP contribution in [0.3, 0.4) is 0 Å². The quantitative estimate of drug-likeness (QED) is 0.833. The van der Waals surface area contributed by atoms with E-state index in [9.17, 15) is 14.3 Å². The molecule has 1 atom stereocenters. The van der Waals surface area contributed by atoms with E-state index >= 15 is 0 Å². The van der Waals surface area contributed by atoms with Crippen LogP contribution in [0.4, 0.5) is 10.1 Å². The molecular formula is C15H14FNO2. The summed E-state index contributed by atoms with van der Waals surface area (Å²) in [5.74, 6) is -1.55. The van der Waals surface area contributed by atoms with Gasteiger partial charge in [0.15, 0.2) is 0 Å². The summed E-state index contributed by atoms with van der Waals surface area (Å²) < 4.78 is 13.4. The number of nitrogens with two attached hydrogens (primary N) is 1. The van der Waals surface area contributed by atoms with Gasteiger partial charge in [-0.05, 0) is 36.2 Å². The first kappa shape index (κ1) is 13.1. The third kappa shape index (κ3) is 2.17. The first-order valence-electron chi connectivity index (χ1n) is 5.80. The average molecular weight is 259 g/mol. The van der Waals surface area contributed by atoms with Crippen LogP contribution in [0.2, 0.25) is 0 Å². The number of aliphatic carboxylic acids is 1. The molecule has 0 amide bonds. The molecule has 0 spiro atoms. The van der Waals surface area contributed by atoms with Crippen molar-refractivity contribution >= 4 is 11.7 Å². The molecule has 2 rings (SSSR count). The van der Waals surface area contributed by atoms with E-state index in [0.717, 1.165) is 0 Å². The molecule has 0 aromatic heterocycles. The molecule has 19 heavy (non-hydrogen) atoms. The molecule has 0 aliphatic carbocycles. The summed E-state index contributed by atoms with van der Waals surface area (Å²) in [7, 11) is 0. The van der Waals surface area contributed by atoms with Crippen molar-refractivity contribution in [1.29, 1.82) is 0 Å². The topological polar surface area (TPSA) is 63.3 Å². The van der Waals surface area contributed by atoms with Crippen molar-refractivity contribution in [2.45, 2.75) is 12.3 Å². The molecule has 0 bridgehead atoms. The van der Waals surface area contributed by atoms with Crippen molar-refractivity contribution in [3.05, 3.63) is 65.5 Å². The van der Waals surface area contributed by atoms with Crippen LogP contribution in [0.15, 0.2) is 48.5 Å². The van der Waals surface area contributed by atoms with E-state index < -0.39 is 17.2 Å². The van der Waals surface area contributed by atoms with Crippen LogP contribution in [0.5, 0.6) is 0 Å². The third-order valence-corrected chi connectivity index (χ3v) is 3.33. The maximum atomic E-state index is 13.4. The Kier molecular flexibility index (Phi) is 3.25. The summed E-state index contributed by atoms with van der Waals surface area (Å²) in [5, 5.41) is 9.58. The molecule has 98 valence electrons. The Morgan fingerprint density at radius 3 is 2.47 bits per heavy atom. The van der Waals surface area contributed by atoms with E-state index in [-0.39, 0.29) is 0 Å². The van der Waals surface area contributed by atoms with Crippen LogP contribution >= 0.6 is 0 Å². The van der Waals surface area contributed by atoms with Gasteiger partial charge in [0.1, 0.15) is 11.2 Å². The Labute approximate surface area is 110 Å². The Morgan fingerprint density at radius 1 is 1.21 bits per heavy atom. The van der Waals surface area contributed by atoms with Gasteiger partial charge in [0.25, 0.3) is 0 Å². The zero-order chi connectivity index (χ0) is 14.0. The van der Waals surface area contributed by atoms with Gasteiger partial charge in [-0.25, -0.2) is 4.39 Å². The lowest BCUT2D eigenvalue weighted by molar-refractivity contribution is -0.141. The minimum Gasteiger partial charge on any atom is -0.480 e. The average Bonchev–Trinajstić information content (AvgIpc) is 2.38. The van der Waals surface area contributed by atoms with Crippen molar-refractivity contribution in [3.8, 4) is 0 Å². The van der Waals surface area contributed by atoms with Crippen LogP contribution in [-0.4, -0.2) is 11.1 Å². The highest BCUT2D eigenvalue weighted by Gasteiger charge is 2.38. The van der Waals surface area contributed by atoms with Gasteiger partial charge in [-0.1, -0.05) is 30.3 Å². The Morgan fingerprint density at radius 2 is 1.89 bits per heavy atom. The number of anilines is 1.